The van der Waals surface area contributed by atoms with Gasteiger partial charge in [0.15, 0.2) is 0 Å². The van der Waals surface area contributed by atoms with E-state index in [9.17, 15) is 0 Å². The van der Waals surface area contributed by atoms with E-state index in [1.54, 1.807) is 6.20 Å². The number of rotatable bonds is 5. The van der Waals surface area contributed by atoms with Crippen LogP contribution >= 0.6 is 0 Å². The highest BCUT2D eigenvalue weighted by molar-refractivity contribution is 5.52. The molecule has 0 aliphatic rings. The van der Waals surface area contributed by atoms with E-state index in [0.717, 1.165) is 12.2 Å². The Bertz CT molecular complexity index is 579. The zero-order valence-electron chi connectivity index (χ0n) is 12.6. The van der Waals surface area contributed by atoms with Crippen LogP contribution in [0.4, 0.5) is 5.69 Å². The number of aromatic nitrogens is 1. The van der Waals surface area contributed by atoms with Crippen LogP contribution < -0.4 is 10.1 Å². The number of ether oxygens (including phenoxy) is 1. The molecule has 0 spiro atoms. The molecule has 0 radical (unpaired) electrons. The molecule has 1 heterocycles. The van der Waals surface area contributed by atoms with Crippen molar-refractivity contribution < 1.29 is 4.74 Å². The molecule has 3 heteroatoms. The first kappa shape index (κ1) is 14.4. The average Bonchev–Trinajstić information content (AvgIpc) is 2.41. The van der Waals surface area contributed by atoms with Gasteiger partial charge in [-0.05, 0) is 51.0 Å². The molecule has 2 rings (SSSR count). The van der Waals surface area contributed by atoms with Crippen molar-refractivity contribution >= 4 is 5.69 Å². The van der Waals surface area contributed by atoms with E-state index in [0.29, 0.717) is 5.88 Å². The summed E-state index contributed by atoms with van der Waals surface area (Å²) in [5.41, 5.74) is 4.79. The van der Waals surface area contributed by atoms with Gasteiger partial charge >= 0.3 is 0 Å². The molecule has 0 atom stereocenters. The largest absolute Gasteiger partial charge is 0.473 e. The van der Waals surface area contributed by atoms with Crippen LogP contribution in [-0.2, 0) is 6.54 Å². The number of anilines is 1. The molecule has 0 fully saturated rings. The third kappa shape index (κ3) is 3.73. The van der Waals surface area contributed by atoms with Crippen molar-refractivity contribution in [2.75, 3.05) is 5.32 Å². The maximum atomic E-state index is 5.71. The molecule has 0 aliphatic heterocycles. The summed E-state index contributed by atoms with van der Waals surface area (Å²) in [7, 11) is 0. The lowest BCUT2D eigenvalue weighted by molar-refractivity contribution is 0.234. The van der Waals surface area contributed by atoms with E-state index in [2.05, 4.69) is 42.3 Å². The Morgan fingerprint density at radius 2 is 2.00 bits per heavy atom. The molecule has 2 aromatic rings. The summed E-state index contributed by atoms with van der Waals surface area (Å²) in [6, 6.07) is 10.4. The summed E-state index contributed by atoms with van der Waals surface area (Å²) in [4.78, 5) is 4.29. The quantitative estimate of drug-likeness (QED) is 0.888. The molecule has 1 N–H and O–H groups in total. The summed E-state index contributed by atoms with van der Waals surface area (Å²) in [5, 5.41) is 3.42. The molecule has 0 amide bonds. The predicted octanol–water partition coefficient (Wildman–Crippen LogP) is 4.10. The lowest BCUT2D eigenvalue weighted by Gasteiger charge is -2.15. The summed E-state index contributed by atoms with van der Waals surface area (Å²) < 4.78 is 5.71. The fourth-order valence-electron chi connectivity index (χ4n) is 2.02. The third-order valence-electron chi connectivity index (χ3n) is 3.09. The van der Waals surface area contributed by atoms with Crippen LogP contribution in [-0.4, -0.2) is 11.1 Å². The molecular formula is C17H22N2O. The van der Waals surface area contributed by atoms with Crippen molar-refractivity contribution in [3.63, 3.8) is 0 Å². The van der Waals surface area contributed by atoms with Gasteiger partial charge < -0.3 is 10.1 Å². The lowest BCUT2D eigenvalue weighted by atomic mass is 10.1. The molecule has 3 nitrogen and oxygen atoms in total. The number of pyridine rings is 1. The van der Waals surface area contributed by atoms with Crippen LogP contribution in [0.15, 0.2) is 36.5 Å². The molecule has 0 saturated carbocycles. The van der Waals surface area contributed by atoms with Crippen LogP contribution in [0.5, 0.6) is 5.88 Å². The van der Waals surface area contributed by atoms with Crippen LogP contribution in [0.3, 0.4) is 0 Å². The van der Waals surface area contributed by atoms with Gasteiger partial charge in [-0.25, -0.2) is 4.98 Å². The summed E-state index contributed by atoms with van der Waals surface area (Å²) >= 11 is 0. The number of aryl methyl sites for hydroxylation is 2. The Hall–Kier alpha value is -2.03. The van der Waals surface area contributed by atoms with Gasteiger partial charge in [0.25, 0.3) is 0 Å². The van der Waals surface area contributed by atoms with Gasteiger partial charge in [-0.1, -0.05) is 23.8 Å². The number of hydrogen-bond donors (Lipinski definition) is 1. The van der Waals surface area contributed by atoms with E-state index in [-0.39, 0.29) is 6.10 Å². The van der Waals surface area contributed by atoms with E-state index in [4.69, 9.17) is 4.74 Å². The number of hydrogen-bond acceptors (Lipinski definition) is 3. The lowest BCUT2D eigenvalue weighted by Crippen LogP contribution is -2.10. The molecule has 0 unspecified atom stereocenters. The van der Waals surface area contributed by atoms with Crippen molar-refractivity contribution in [2.24, 2.45) is 0 Å². The van der Waals surface area contributed by atoms with Gasteiger partial charge in [0.05, 0.1) is 11.8 Å². The zero-order chi connectivity index (χ0) is 14.5. The van der Waals surface area contributed by atoms with E-state index < -0.39 is 0 Å². The Labute approximate surface area is 121 Å². The minimum atomic E-state index is 0.117. The van der Waals surface area contributed by atoms with Crippen LogP contribution in [0.25, 0.3) is 0 Å². The monoisotopic (exact) mass is 270 g/mol. The standard InChI is InChI=1S/C17H22N2O/c1-12(2)20-17-16(6-5-9-18-17)19-11-15-10-13(3)7-8-14(15)4/h5-10,12,19H,11H2,1-4H3. The number of benzene rings is 1. The highest BCUT2D eigenvalue weighted by atomic mass is 16.5. The fraction of sp³-hybridized carbons (Fsp3) is 0.353. The minimum absolute atomic E-state index is 0.117. The molecule has 1 aromatic heterocycles. The Kier molecular flexibility index (Phi) is 4.61. The second-order valence-electron chi connectivity index (χ2n) is 5.31. The van der Waals surface area contributed by atoms with Gasteiger partial charge in [0.2, 0.25) is 5.88 Å². The fourth-order valence-corrected chi connectivity index (χ4v) is 2.02. The zero-order valence-corrected chi connectivity index (χ0v) is 12.6. The third-order valence-corrected chi connectivity index (χ3v) is 3.09. The Balaban J connectivity index is 2.12. The highest BCUT2D eigenvalue weighted by Crippen LogP contribution is 2.23. The maximum absolute atomic E-state index is 5.71. The normalized spacial score (nSPS) is 10.7. The molecule has 20 heavy (non-hydrogen) atoms. The van der Waals surface area contributed by atoms with Crippen molar-refractivity contribution in [1.82, 2.24) is 4.98 Å². The topological polar surface area (TPSA) is 34.2 Å². The molecule has 0 aliphatic carbocycles. The average molecular weight is 270 g/mol. The van der Waals surface area contributed by atoms with Crippen molar-refractivity contribution in [3.8, 4) is 5.88 Å². The van der Waals surface area contributed by atoms with Crippen molar-refractivity contribution in [3.05, 3.63) is 53.2 Å². The first-order valence-corrected chi connectivity index (χ1v) is 6.98. The maximum Gasteiger partial charge on any atom is 0.237 e. The van der Waals surface area contributed by atoms with Crippen molar-refractivity contribution in [1.29, 1.82) is 0 Å². The summed E-state index contributed by atoms with van der Waals surface area (Å²) in [6.45, 7) is 9.02. The Morgan fingerprint density at radius 1 is 1.20 bits per heavy atom. The van der Waals surface area contributed by atoms with E-state index >= 15 is 0 Å². The van der Waals surface area contributed by atoms with Crippen LogP contribution in [0.1, 0.15) is 30.5 Å². The van der Waals surface area contributed by atoms with Crippen molar-refractivity contribution in [2.45, 2.75) is 40.3 Å². The predicted molar refractivity (Wildman–Crippen MR) is 83.2 cm³/mol. The summed E-state index contributed by atoms with van der Waals surface area (Å²) in [6.07, 6.45) is 1.87. The first-order valence-electron chi connectivity index (χ1n) is 6.98. The SMILES string of the molecule is Cc1ccc(C)c(CNc2cccnc2OC(C)C)c1. The molecule has 0 bridgehead atoms. The molecule has 1 aromatic carbocycles. The molecule has 0 saturated heterocycles. The molecular weight excluding hydrogens is 248 g/mol. The van der Waals surface area contributed by atoms with Gasteiger partial charge in [-0.3, -0.25) is 0 Å². The second kappa shape index (κ2) is 6.42. The highest BCUT2D eigenvalue weighted by Gasteiger charge is 2.07. The Morgan fingerprint density at radius 3 is 2.75 bits per heavy atom. The molecule has 106 valence electrons. The van der Waals surface area contributed by atoms with Crippen LogP contribution in [0.2, 0.25) is 0 Å². The van der Waals surface area contributed by atoms with E-state index in [1.807, 2.05) is 26.0 Å². The summed E-state index contributed by atoms with van der Waals surface area (Å²) in [5.74, 6) is 0.660. The van der Waals surface area contributed by atoms with Gasteiger partial charge in [-0.2, -0.15) is 0 Å². The van der Waals surface area contributed by atoms with Gasteiger partial charge in [0.1, 0.15) is 0 Å². The van der Waals surface area contributed by atoms with Gasteiger partial charge in [-0.15, -0.1) is 0 Å². The van der Waals surface area contributed by atoms with E-state index in [1.165, 1.54) is 16.7 Å². The van der Waals surface area contributed by atoms with Crippen LogP contribution in [0, 0.1) is 13.8 Å². The van der Waals surface area contributed by atoms with Gasteiger partial charge in [0, 0.05) is 12.7 Å². The second-order valence-corrected chi connectivity index (χ2v) is 5.31. The minimum Gasteiger partial charge on any atom is -0.473 e. The number of nitrogens with zero attached hydrogens (tertiary/aromatic N) is 1. The number of nitrogens with one attached hydrogen (secondary N) is 1. The smallest absolute Gasteiger partial charge is 0.237 e. The first-order chi connectivity index (χ1) is 9.56.